The van der Waals surface area contributed by atoms with Crippen molar-refractivity contribution in [3.05, 3.63) is 46.6 Å². The van der Waals surface area contributed by atoms with Crippen LogP contribution >= 0.6 is 27.7 Å². The Bertz CT molecular complexity index is 519. The molecule has 82 valence electrons. The van der Waals surface area contributed by atoms with Crippen LogP contribution in [0.5, 0.6) is 0 Å². The molecule has 0 unspecified atom stereocenters. The minimum Gasteiger partial charge on any atom is -0.446 e. The second-order valence-corrected chi connectivity index (χ2v) is 5.11. The van der Waals surface area contributed by atoms with Crippen molar-refractivity contribution in [3.8, 4) is 0 Å². The Kier molecular flexibility index (Phi) is 3.51. The van der Waals surface area contributed by atoms with E-state index in [9.17, 15) is 4.79 Å². The molecule has 2 nitrogen and oxygen atoms in total. The van der Waals surface area contributed by atoms with E-state index in [1.807, 2.05) is 24.3 Å². The van der Waals surface area contributed by atoms with Crippen molar-refractivity contribution in [2.75, 3.05) is 0 Å². The molecule has 0 aliphatic heterocycles. The zero-order chi connectivity index (χ0) is 11.5. The fraction of sp³-hybridized carbons (Fsp3) is 0.0833. The van der Waals surface area contributed by atoms with Crippen molar-refractivity contribution < 1.29 is 9.21 Å². The first-order valence-electron chi connectivity index (χ1n) is 4.70. The Balaban J connectivity index is 2.21. The number of halogens is 1. The predicted molar refractivity (Wildman–Crippen MR) is 67.0 cm³/mol. The van der Waals surface area contributed by atoms with E-state index in [1.54, 1.807) is 12.1 Å². The summed E-state index contributed by atoms with van der Waals surface area (Å²) in [6, 6.07) is 11.4. The number of ketones is 1. The Morgan fingerprint density at radius 3 is 2.62 bits per heavy atom. The molecule has 2 rings (SSSR count). The van der Waals surface area contributed by atoms with Crippen LogP contribution in [0, 0.1) is 0 Å². The fourth-order valence-corrected chi connectivity index (χ4v) is 2.52. The molecule has 0 aliphatic rings. The molecule has 0 atom stereocenters. The molecule has 0 fully saturated rings. The van der Waals surface area contributed by atoms with E-state index in [2.05, 4.69) is 15.9 Å². The van der Waals surface area contributed by atoms with Gasteiger partial charge in [0.2, 0.25) is 0 Å². The normalized spacial score (nSPS) is 10.4. The highest BCUT2D eigenvalue weighted by Crippen LogP contribution is 2.34. The van der Waals surface area contributed by atoms with Gasteiger partial charge < -0.3 is 4.42 Å². The molecule has 0 N–H and O–H groups in total. The molecule has 16 heavy (non-hydrogen) atoms. The zero-order valence-corrected chi connectivity index (χ0v) is 11.0. The lowest BCUT2D eigenvalue weighted by atomic mass is 10.3. The van der Waals surface area contributed by atoms with Crippen molar-refractivity contribution in [3.63, 3.8) is 0 Å². The monoisotopic (exact) mass is 296 g/mol. The number of hydrogen-bond donors (Lipinski definition) is 0. The number of Topliss-reactive ketones (excluding diaryl/α,β-unsaturated/α-hetero) is 1. The molecule has 0 aliphatic carbocycles. The van der Waals surface area contributed by atoms with E-state index in [1.165, 1.54) is 18.7 Å². The molecule has 4 heteroatoms. The van der Waals surface area contributed by atoms with Gasteiger partial charge in [0.1, 0.15) is 0 Å². The van der Waals surface area contributed by atoms with Gasteiger partial charge in [-0.1, -0.05) is 23.9 Å². The van der Waals surface area contributed by atoms with Gasteiger partial charge >= 0.3 is 0 Å². The van der Waals surface area contributed by atoms with Crippen LogP contribution in [0.4, 0.5) is 0 Å². The van der Waals surface area contributed by atoms with Crippen molar-refractivity contribution in [1.29, 1.82) is 0 Å². The van der Waals surface area contributed by atoms with Gasteiger partial charge in [-0.05, 0) is 40.2 Å². The van der Waals surface area contributed by atoms with Gasteiger partial charge in [-0.15, -0.1) is 0 Å². The lowest BCUT2D eigenvalue weighted by molar-refractivity contribution is 0.0982. The van der Waals surface area contributed by atoms with E-state index < -0.39 is 0 Å². The highest BCUT2D eigenvalue weighted by molar-refractivity contribution is 9.10. The third-order valence-corrected chi connectivity index (χ3v) is 3.93. The van der Waals surface area contributed by atoms with Gasteiger partial charge in [-0.25, -0.2) is 0 Å². The molecular weight excluding hydrogens is 288 g/mol. The lowest BCUT2D eigenvalue weighted by Gasteiger charge is -2.00. The SMILES string of the molecule is CC(=O)c1ccc(Sc2ccccc2Br)o1. The Labute approximate surface area is 106 Å². The van der Waals surface area contributed by atoms with E-state index in [4.69, 9.17) is 4.42 Å². The zero-order valence-electron chi connectivity index (χ0n) is 8.57. The van der Waals surface area contributed by atoms with Gasteiger partial charge in [0.25, 0.3) is 0 Å². The first-order chi connectivity index (χ1) is 7.66. The second kappa shape index (κ2) is 4.89. The Hall–Kier alpha value is -1.000. The summed E-state index contributed by atoms with van der Waals surface area (Å²) in [5.74, 6) is 0.341. The smallest absolute Gasteiger partial charge is 0.194 e. The van der Waals surface area contributed by atoms with Gasteiger partial charge in [0.05, 0.1) is 0 Å². The number of benzene rings is 1. The maximum absolute atomic E-state index is 11.1. The van der Waals surface area contributed by atoms with Gasteiger partial charge in [-0.2, -0.15) is 0 Å². The van der Waals surface area contributed by atoms with E-state index in [0.29, 0.717) is 5.76 Å². The van der Waals surface area contributed by atoms with Gasteiger partial charge in [0, 0.05) is 16.3 Å². The Morgan fingerprint density at radius 1 is 1.25 bits per heavy atom. The van der Waals surface area contributed by atoms with Crippen molar-refractivity contribution in [2.24, 2.45) is 0 Å². The molecule has 2 aromatic rings. The number of rotatable bonds is 3. The first kappa shape index (κ1) is 11.5. The average molecular weight is 297 g/mol. The summed E-state index contributed by atoms with van der Waals surface area (Å²) >= 11 is 4.95. The van der Waals surface area contributed by atoms with Crippen LogP contribution in [0.25, 0.3) is 0 Å². The first-order valence-corrected chi connectivity index (χ1v) is 6.31. The minimum atomic E-state index is -0.0565. The molecule has 1 aromatic heterocycles. The third-order valence-electron chi connectivity index (χ3n) is 1.98. The molecule has 1 aromatic carbocycles. The molecule has 0 bridgehead atoms. The number of carbonyl (C=O) groups is 1. The second-order valence-electron chi connectivity index (χ2n) is 3.21. The summed E-state index contributed by atoms with van der Waals surface area (Å²) in [6.07, 6.45) is 0. The van der Waals surface area contributed by atoms with Crippen LogP contribution in [-0.2, 0) is 0 Å². The van der Waals surface area contributed by atoms with E-state index in [-0.39, 0.29) is 5.78 Å². The summed E-state index contributed by atoms with van der Waals surface area (Å²) in [7, 11) is 0. The van der Waals surface area contributed by atoms with Crippen LogP contribution in [-0.4, -0.2) is 5.78 Å². The Morgan fingerprint density at radius 2 is 2.00 bits per heavy atom. The van der Waals surface area contributed by atoms with Crippen LogP contribution in [0.2, 0.25) is 0 Å². The summed E-state index contributed by atoms with van der Waals surface area (Å²) in [5.41, 5.74) is 0. The summed E-state index contributed by atoms with van der Waals surface area (Å²) < 4.78 is 6.41. The van der Waals surface area contributed by atoms with Gasteiger partial charge in [-0.3, -0.25) is 4.79 Å². The molecule has 0 amide bonds. The molecule has 1 heterocycles. The number of furan rings is 1. The largest absolute Gasteiger partial charge is 0.446 e. The van der Waals surface area contributed by atoms with E-state index in [0.717, 1.165) is 14.5 Å². The van der Waals surface area contributed by atoms with Crippen molar-refractivity contribution >= 4 is 33.5 Å². The summed E-state index contributed by atoms with van der Waals surface area (Å²) in [6.45, 7) is 1.49. The quantitative estimate of drug-likeness (QED) is 0.787. The lowest BCUT2D eigenvalue weighted by Crippen LogP contribution is -1.85. The predicted octanol–water partition coefficient (Wildman–Crippen LogP) is 4.40. The molecular formula is C12H9BrO2S. The average Bonchev–Trinajstić information content (AvgIpc) is 2.70. The summed E-state index contributed by atoms with van der Waals surface area (Å²) in [5, 5.41) is 0.720. The standard InChI is InChI=1S/C12H9BrO2S/c1-8(14)10-6-7-12(15-10)16-11-5-3-2-4-9(11)13/h2-7H,1H3. The topological polar surface area (TPSA) is 30.2 Å². The highest BCUT2D eigenvalue weighted by Gasteiger charge is 2.08. The maximum Gasteiger partial charge on any atom is 0.194 e. The highest BCUT2D eigenvalue weighted by atomic mass is 79.9. The van der Waals surface area contributed by atoms with Crippen LogP contribution in [0.1, 0.15) is 17.5 Å². The summed E-state index contributed by atoms with van der Waals surface area (Å²) in [4.78, 5) is 12.1. The molecule has 0 saturated heterocycles. The number of carbonyl (C=O) groups excluding carboxylic acids is 1. The van der Waals surface area contributed by atoms with Gasteiger partial charge in [0.15, 0.2) is 16.6 Å². The third kappa shape index (κ3) is 2.57. The molecule has 0 radical (unpaired) electrons. The maximum atomic E-state index is 11.1. The minimum absolute atomic E-state index is 0.0565. The van der Waals surface area contributed by atoms with E-state index >= 15 is 0 Å². The van der Waals surface area contributed by atoms with Crippen molar-refractivity contribution in [1.82, 2.24) is 0 Å². The fourth-order valence-electron chi connectivity index (χ4n) is 1.20. The molecule has 0 spiro atoms. The van der Waals surface area contributed by atoms with Crippen LogP contribution in [0.15, 0.2) is 55.3 Å². The number of hydrogen-bond acceptors (Lipinski definition) is 3. The van der Waals surface area contributed by atoms with Crippen LogP contribution < -0.4 is 0 Å². The van der Waals surface area contributed by atoms with Crippen LogP contribution in [0.3, 0.4) is 0 Å². The van der Waals surface area contributed by atoms with Crippen molar-refractivity contribution in [2.45, 2.75) is 16.9 Å². The molecule has 0 saturated carbocycles.